The van der Waals surface area contributed by atoms with Crippen LogP contribution < -0.4 is 4.72 Å². The highest BCUT2D eigenvalue weighted by atomic mass is 32.2. The van der Waals surface area contributed by atoms with Gasteiger partial charge in [0.25, 0.3) is 5.69 Å². The van der Waals surface area contributed by atoms with E-state index in [0.29, 0.717) is 19.6 Å². The Bertz CT molecular complexity index is 559. The maximum Gasteiger partial charge on any atom is 0.289 e. The maximum atomic E-state index is 12.0. The summed E-state index contributed by atoms with van der Waals surface area (Å²) in [6.07, 6.45) is 2.54. The number of hydrogen-bond acceptors (Lipinski definition) is 5. The summed E-state index contributed by atoms with van der Waals surface area (Å²) in [7, 11) is -3.88. The Hall–Kier alpha value is -1.51. The standard InChI is InChI=1S/C13H20N2O5S/c1-2-3-10-20-11-6-9-14-21(18,19)13-8-5-4-7-12(13)15(16)17/h4-5,7-8,14H,2-3,6,9-11H2,1H3. The highest BCUT2D eigenvalue weighted by Gasteiger charge is 2.24. The van der Waals surface area contributed by atoms with Crippen molar-refractivity contribution in [2.45, 2.75) is 31.1 Å². The van der Waals surface area contributed by atoms with E-state index < -0.39 is 20.6 Å². The zero-order valence-corrected chi connectivity index (χ0v) is 12.8. The van der Waals surface area contributed by atoms with Crippen LogP contribution in [0, 0.1) is 10.1 Å². The van der Waals surface area contributed by atoms with Crippen molar-refractivity contribution in [2.75, 3.05) is 19.8 Å². The SMILES string of the molecule is CCCCOCCCNS(=O)(=O)c1ccccc1[N+](=O)[O-]. The smallest absolute Gasteiger partial charge is 0.289 e. The van der Waals surface area contributed by atoms with E-state index in [0.717, 1.165) is 12.8 Å². The van der Waals surface area contributed by atoms with Gasteiger partial charge in [-0.25, -0.2) is 13.1 Å². The van der Waals surface area contributed by atoms with Crippen molar-refractivity contribution in [3.8, 4) is 0 Å². The maximum absolute atomic E-state index is 12.0. The number of rotatable bonds is 10. The van der Waals surface area contributed by atoms with Crippen LogP contribution in [0.2, 0.25) is 0 Å². The Morgan fingerprint density at radius 2 is 1.90 bits per heavy atom. The van der Waals surface area contributed by atoms with Gasteiger partial charge in [0.2, 0.25) is 10.0 Å². The molecule has 0 radical (unpaired) electrons. The van der Waals surface area contributed by atoms with E-state index in [1.807, 2.05) is 0 Å². The molecule has 0 fully saturated rings. The fourth-order valence-electron chi connectivity index (χ4n) is 1.64. The minimum Gasteiger partial charge on any atom is -0.381 e. The molecule has 0 saturated carbocycles. The van der Waals surface area contributed by atoms with E-state index in [-0.39, 0.29) is 11.4 Å². The third-order valence-electron chi connectivity index (χ3n) is 2.75. The Labute approximate surface area is 124 Å². The lowest BCUT2D eigenvalue weighted by atomic mass is 10.3. The molecular weight excluding hydrogens is 296 g/mol. The highest BCUT2D eigenvalue weighted by Crippen LogP contribution is 2.22. The van der Waals surface area contributed by atoms with Gasteiger partial charge in [-0.05, 0) is 18.9 Å². The first-order chi connectivity index (χ1) is 9.99. The van der Waals surface area contributed by atoms with E-state index in [4.69, 9.17) is 4.74 Å². The molecule has 1 rings (SSSR count). The van der Waals surface area contributed by atoms with Gasteiger partial charge in [0.05, 0.1) is 4.92 Å². The highest BCUT2D eigenvalue weighted by molar-refractivity contribution is 7.89. The predicted octanol–water partition coefficient (Wildman–Crippen LogP) is 2.08. The first-order valence-electron chi connectivity index (χ1n) is 6.80. The molecule has 1 aromatic carbocycles. The van der Waals surface area contributed by atoms with Gasteiger partial charge in [0.1, 0.15) is 0 Å². The Kier molecular flexibility index (Phi) is 7.27. The van der Waals surface area contributed by atoms with E-state index in [1.54, 1.807) is 0 Å². The number of para-hydroxylation sites is 1. The average molecular weight is 316 g/mol. The van der Waals surface area contributed by atoms with E-state index in [2.05, 4.69) is 11.6 Å². The molecule has 7 nitrogen and oxygen atoms in total. The normalized spacial score (nSPS) is 11.5. The lowest BCUT2D eigenvalue weighted by Crippen LogP contribution is -2.26. The molecule has 21 heavy (non-hydrogen) atoms. The molecule has 8 heteroatoms. The van der Waals surface area contributed by atoms with Crippen LogP contribution >= 0.6 is 0 Å². The molecule has 0 atom stereocenters. The Morgan fingerprint density at radius 1 is 1.24 bits per heavy atom. The van der Waals surface area contributed by atoms with Crippen molar-refractivity contribution in [1.82, 2.24) is 4.72 Å². The van der Waals surface area contributed by atoms with Gasteiger partial charge in [-0.3, -0.25) is 10.1 Å². The Balaban J connectivity index is 2.53. The van der Waals surface area contributed by atoms with Crippen LogP contribution in [-0.2, 0) is 14.8 Å². The van der Waals surface area contributed by atoms with Crippen LogP contribution in [0.1, 0.15) is 26.2 Å². The molecule has 0 aromatic heterocycles. The molecule has 0 saturated heterocycles. The van der Waals surface area contributed by atoms with E-state index in [1.165, 1.54) is 24.3 Å². The van der Waals surface area contributed by atoms with E-state index in [9.17, 15) is 18.5 Å². The lowest BCUT2D eigenvalue weighted by molar-refractivity contribution is -0.387. The molecule has 118 valence electrons. The van der Waals surface area contributed by atoms with Gasteiger partial charge >= 0.3 is 0 Å². The summed E-state index contributed by atoms with van der Waals surface area (Å²) in [4.78, 5) is 9.81. The van der Waals surface area contributed by atoms with Gasteiger partial charge in [-0.15, -0.1) is 0 Å². The van der Waals surface area contributed by atoms with Crippen molar-refractivity contribution in [1.29, 1.82) is 0 Å². The monoisotopic (exact) mass is 316 g/mol. The largest absolute Gasteiger partial charge is 0.381 e. The Morgan fingerprint density at radius 3 is 2.57 bits per heavy atom. The third kappa shape index (κ3) is 5.78. The molecule has 1 aromatic rings. The van der Waals surface area contributed by atoms with Crippen LogP contribution in [0.15, 0.2) is 29.2 Å². The van der Waals surface area contributed by atoms with Crippen molar-refractivity contribution >= 4 is 15.7 Å². The minimum atomic E-state index is -3.88. The van der Waals surface area contributed by atoms with Gasteiger partial charge in [0, 0.05) is 25.8 Å². The quantitative estimate of drug-likeness (QED) is 0.405. The summed E-state index contributed by atoms with van der Waals surface area (Å²) < 4.78 is 31.7. The number of hydrogen-bond donors (Lipinski definition) is 1. The van der Waals surface area contributed by atoms with Gasteiger partial charge < -0.3 is 4.74 Å². The number of nitrogens with one attached hydrogen (secondary N) is 1. The first kappa shape index (κ1) is 17.5. The molecule has 0 heterocycles. The van der Waals surface area contributed by atoms with Gasteiger partial charge in [-0.2, -0.15) is 0 Å². The molecule has 0 aliphatic heterocycles. The van der Waals surface area contributed by atoms with Crippen molar-refractivity contribution in [3.63, 3.8) is 0 Å². The fraction of sp³-hybridized carbons (Fsp3) is 0.538. The molecule has 0 spiro atoms. The van der Waals surface area contributed by atoms with Crippen LogP contribution in [0.4, 0.5) is 5.69 Å². The first-order valence-corrected chi connectivity index (χ1v) is 8.28. The number of sulfonamides is 1. The summed E-state index contributed by atoms with van der Waals surface area (Å²) >= 11 is 0. The zero-order chi connectivity index (χ0) is 15.7. The van der Waals surface area contributed by atoms with Crippen LogP contribution in [0.25, 0.3) is 0 Å². The summed E-state index contributed by atoms with van der Waals surface area (Å²) in [5.74, 6) is 0. The second kappa shape index (κ2) is 8.71. The lowest BCUT2D eigenvalue weighted by Gasteiger charge is -2.07. The fourth-order valence-corrected chi connectivity index (χ4v) is 2.89. The number of nitrogens with zero attached hydrogens (tertiary/aromatic N) is 1. The second-order valence-electron chi connectivity index (χ2n) is 4.44. The molecule has 1 N–H and O–H groups in total. The molecule has 0 amide bonds. The van der Waals surface area contributed by atoms with Crippen molar-refractivity contribution in [3.05, 3.63) is 34.4 Å². The molecule has 0 bridgehead atoms. The topological polar surface area (TPSA) is 98.5 Å². The number of benzene rings is 1. The molecule has 0 unspecified atom stereocenters. The minimum absolute atomic E-state index is 0.181. The van der Waals surface area contributed by atoms with Crippen LogP contribution in [0.3, 0.4) is 0 Å². The van der Waals surface area contributed by atoms with Crippen LogP contribution in [-0.4, -0.2) is 33.1 Å². The predicted molar refractivity (Wildman–Crippen MR) is 78.6 cm³/mol. The molecular formula is C13H20N2O5S. The summed E-state index contributed by atoms with van der Waals surface area (Å²) in [5, 5.41) is 10.8. The average Bonchev–Trinajstić information content (AvgIpc) is 2.46. The van der Waals surface area contributed by atoms with Gasteiger partial charge in [-0.1, -0.05) is 25.5 Å². The molecule has 0 aliphatic carbocycles. The molecule has 0 aliphatic rings. The third-order valence-corrected chi connectivity index (χ3v) is 4.26. The summed E-state index contributed by atoms with van der Waals surface area (Å²) in [6, 6.07) is 5.27. The number of nitro groups is 1. The second-order valence-corrected chi connectivity index (χ2v) is 6.18. The number of ether oxygens (including phenoxy) is 1. The zero-order valence-electron chi connectivity index (χ0n) is 11.9. The number of unbranched alkanes of at least 4 members (excludes halogenated alkanes) is 1. The summed E-state index contributed by atoms with van der Waals surface area (Å²) in [5.41, 5.74) is -0.427. The van der Waals surface area contributed by atoms with Gasteiger partial charge in [0.15, 0.2) is 4.90 Å². The van der Waals surface area contributed by atoms with Crippen LogP contribution in [0.5, 0.6) is 0 Å². The number of nitro benzene ring substituents is 1. The van der Waals surface area contributed by atoms with Crippen molar-refractivity contribution < 1.29 is 18.1 Å². The summed E-state index contributed by atoms with van der Waals surface area (Å²) in [6.45, 7) is 3.36. The van der Waals surface area contributed by atoms with Crippen molar-refractivity contribution in [2.24, 2.45) is 0 Å². The van der Waals surface area contributed by atoms with E-state index >= 15 is 0 Å².